The zero-order valence-corrected chi connectivity index (χ0v) is 12.0. The molecule has 0 saturated carbocycles. The molecular formula is C16H19NOS. The third-order valence-corrected chi connectivity index (χ3v) is 4.34. The Morgan fingerprint density at radius 1 is 1.16 bits per heavy atom. The van der Waals surface area contributed by atoms with Crippen molar-refractivity contribution in [3.63, 3.8) is 0 Å². The van der Waals surface area contributed by atoms with Gasteiger partial charge in [-0.05, 0) is 24.1 Å². The Kier molecular flexibility index (Phi) is 4.88. The molecule has 0 saturated heterocycles. The van der Waals surface area contributed by atoms with Gasteiger partial charge < -0.3 is 5.73 Å². The number of hydrogen-bond acceptors (Lipinski definition) is 3. The van der Waals surface area contributed by atoms with Gasteiger partial charge in [0, 0.05) is 28.6 Å². The van der Waals surface area contributed by atoms with E-state index < -0.39 is 0 Å². The molecule has 0 aliphatic heterocycles. The van der Waals surface area contributed by atoms with Crippen molar-refractivity contribution in [3.8, 4) is 0 Å². The SMILES string of the molecule is CCc1ccc(CC(=O)CC(N)c2ccccc2)s1. The van der Waals surface area contributed by atoms with E-state index in [1.54, 1.807) is 11.3 Å². The molecule has 1 atom stereocenters. The first-order valence-electron chi connectivity index (χ1n) is 6.59. The van der Waals surface area contributed by atoms with Crippen LogP contribution in [-0.2, 0) is 17.6 Å². The standard InChI is InChI=1S/C16H19NOS/c1-2-14-8-9-15(19-14)10-13(18)11-16(17)12-6-4-3-5-7-12/h3-9,16H,2,10-11,17H2,1H3. The highest BCUT2D eigenvalue weighted by Crippen LogP contribution is 2.20. The summed E-state index contributed by atoms with van der Waals surface area (Å²) < 4.78 is 0. The van der Waals surface area contributed by atoms with Crippen LogP contribution in [0.5, 0.6) is 0 Å². The van der Waals surface area contributed by atoms with Crippen LogP contribution in [0.1, 0.15) is 34.7 Å². The maximum atomic E-state index is 12.0. The Morgan fingerprint density at radius 3 is 2.47 bits per heavy atom. The Morgan fingerprint density at radius 2 is 1.84 bits per heavy atom. The Labute approximate surface area is 118 Å². The van der Waals surface area contributed by atoms with Crippen LogP contribution in [-0.4, -0.2) is 5.78 Å². The highest BCUT2D eigenvalue weighted by atomic mass is 32.1. The molecule has 0 radical (unpaired) electrons. The van der Waals surface area contributed by atoms with Crippen molar-refractivity contribution >= 4 is 17.1 Å². The van der Waals surface area contributed by atoms with E-state index in [1.807, 2.05) is 30.3 Å². The fourth-order valence-corrected chi connectivity index (χ4v) is 3.02. The summed E-state index contributed by atoms with van der Waals surface area (Å²) in [5, 5.41) is 0. The molecule has 2 rings (SSSR count). The fourth-order valence-electron chi connectivity index (χ4n) is 2.04. The molecule has 0 aliphatic rings. The lowest BCUT2D eigenvalue weighted by Crippen LogP contribution is -2.16. The molecule has 100 valence electrons. The van der Waals surface area contributed by atoms with Crippen LogP contribution in [0.15, 0.2) is 42.5 Å². The van der Waals surface area contributed by atoms with Gasteiger partial charge >= 0.3 is 0 Å². The van der Waals surface area contributed by atoms with E-state index in [0.717, 1.165) is 16.9 Å². The minimum Gasteiger partial charge on any atom is -0.324 e. The smallest absolute Gasteiger partial charge is 0.139 e. The van der Waals surface area contributed by atoms with E-state index in [9.17, 15) is 4.79 Å². The molecule has 2 N–H and O–H groups in total. The first-order chi connectivity index (χ1) is 9.19. The summed E-state index contributed by atoms with van der Waals surface area (Å²) in [6, 6.07) is 13.8. The molecule has 0 bridgehead atoms. The molecular weight excluding hydrogens is 254 g/mol. The minimum atomic E-state index is -0.195. The summed E-state index contributed by atoms with van der Waals surface area (Å²) in [7, 11) is 0. The number of Topliss-reactive ketones (excluding diaryl/α,β-unsaturated/α-hetero) is 1. The molecule has 1 heterocycles. The van der Waals surface area contributed by atoms with Crippen molar-refractivity contribution in [1.82, 2.24) is 0 Å². The van der Waals surface area contributed by atoms with Gasteiger partial charge in [0.2, 0.25) is 0 Å². The zero-order valence-electron chi connectivity index (χ0n) is 11.1. The lowest BCUT2D eigenvalue weighted by atomic mass is 10.0. The Balaban J connectivity index is 1.91. The molecule has 3 heteroatoms. The second-order valence-corrected chi connectivity index (χ2v) is 5.91. The maximum Gasteiger partial charge on any atom is 0.139 e. The number of aryl methyl sites for hydroxylation is 1. The van der Waals surface area contributed by atoms with Gasteiger partial charge in [-0.2, -0.15) is 0 Å². The van der Waals surface area contributed by atoms with Gasteiger partial charge in [0.1, 0.15) is 5.78 Å². The normalized spacial score (nSPS) is 12.3. The van der Waals surface area contributed by atoms with Crippen LogP contribution < -0.4 is 5.73 Å². The molecule has 1 aromatic heterocycles. The average molecular weight is 273 g/mol. The van der Waals surface area contributed by atoms with Crippen LogP contribution in [0.2, 0.25) is 0 Å². The number of hydrogen-bond donors (Lipinski definition) is 1. The first kappa shape index (κ1) is 14.0. The van der Waals surface area contributed by atoms with Crippen molar-refractivity contribution < 1.29 is 4.79 Å². The molecule has 0 aliphatic carbocycles. The highest BCUT2D eigenvalue weighted by Gasteiger charge is 2.12. The third-order valence-electron chi connectivity index (χ3n) is 3.11. The topological polar surface area (TPSA) is 43.1 Å². The van der Waals surface area contributed by atoms with Gasteiger partial charge in [-0.1, -0.05) is 37.3 Å². The molecule has 2 aromatic rings. The van der Waals surface area contributed by atoms with Gasteiger partial charge in [-0.25, -0.2) is 0 Å². The third kappa shape index (κ3) is 4.01. The number of thiophene rings is 1. The summed E-state index contributed by atoms with van der Waals surface area (Å²) >= 11 is 1.72. The number of rotatable bonds is 6. The fraction of sp³-hybridized carbons (Fsp3) is 0.312. The second kappa shape index (κ2) is 6.64. The van der Waals surface area contributed by atoms with Crippen molar-refractivity contribution in [3.05, 3.63) is 57.8 Å². The largest absolute Gasteiger partial charge is 0.324 e. The van der Waals surface area contributed by atoms with Gasteiger partial charge in [0.05, 0.1) is 0 Å². The summed E-state index contributed by atoms with van der Waals surface area (Å²) in [5.41, 5.74) is 7.09. The van der Waals surface area contributed by atoms with Crippen molar-refractivity contribution in [2.24, 2.45) is 5.73 Å². The van der Waals surface area contributed by atoms with Gasteiger partial charge in [0.25, 0.3) is 0 Å². The molecule has 0 spiro atoms. The van der Waals surface area contributed by atoms with Crippen molar-refractivity contribution in [2.75, 3.05) is 0 Å². The molecule has 0 amide bonds. The van der Waals surface area contributed by atoms with E-state index in [4.69, 9.17) is 5.73 Å². The van der Waals surface area contributed by atoms with Crippen molar-refractivity contribution in [1.29, 1.82) is 0 Å². The van der Waals surface area contributed by atoms with E-state index in [2.05, 4.69) is 19.1 Å². The Hall–Kier alpha value is -1.45. The predicted octanol–water partition coefficient (Wildman–Crippen LogP) is 3.51. The second-order valence-electron chi connectivity index (χ2n) is 4.66. The van der Waals surface area contributed by atoms with Crippen LogP contribution in [0, 0.1) is 0 Å². The van der Waals surface area contributed by atoms with E-state index in [1.165, 1.54) is 4.88 Å². The molecule has 1 unspecified atom stereocenters. The summed E-state index contributed by atoms with van der Waals surface area (Å²) in [6.45, 7) is 2.13. The number of ketones is 1. The Bertz CT molecular complexity index is 533. The minimum absolute atomic E-state index is 0.195. The van der Waals surface area contributed by atoms with Gasteiger partial charge in [0.15, 0.2) is 0 Å². The monoisotopic (exact) mass is 273 g/mol. The number of nitrogens with two attached hydrogens (primary N) is 1. The maximum absolute atomic E-state index is 12.0. The molecule has 0 fully saturated rings. The van der Waals surface area contributed by atoms with Crippen LogP contribution in [0.25, 0.3) is 0 Å². The zero-order chi connectivity index (χ0) is 13.7. The van der Waals surface area contributed by atoms with Gasteiger partial charge in [-0.15, -0.1) is 11.3 Å². The molecule has 19 heavy (non-hydrogen) atoms. The van der Waals surface area contributed by atoms with Crippen LogP contribution in [0.4, 0.5) is 0 Å². The number of carbonyl (C=O) groups is 1. The van der Waals surface area contributed by atoms with Crippen LogP contribution >= 0.6 is 11.3 Å². The van der Waals surface area contributed by atoms with E-state index in [0.29, 0.717) is 12.8 Å². The lowest BCUT2D eigenvalue weighted by molar-refractivity contribution is -0.118. The predicted molar refractivity (Wildman–Crippen MR) is 80.4 cm³/mol. The average Bonchev–Trinajstić information content (AvgIpc) is 2.87. The molecule has 2 nitrogen and oxygen atoms in total. The summed E-state index contributed by atoms with van der Waals surface area (Å²) in [5.74, 6) is 0.209. The summed E-state index contributed by atoms with van der Waals surface area (Å²) in [4.78, 5) is 14.5. The first-order valence-corrected chi connectivity index (χ1v) is 7.40. The van der Waals surface area contributed by atoms with Crippen LogP contribution in [0.3, 0.4) is 0 Å². The number of benzene rings is 1. The highest BCUT2D eigenvalue weighted by molar-refractivity contribution is 7.12. The quantitative estimate of drug-likeness (QED) is 0.875. The molecule has 1 aromatic carbocycles. The lowest BCUT2D eigenvalue weighted by Gasteiger charge is -2.10. The number of carbonyl (C=O) groups excluding carboxylic acids is 1. The van der Waals surface area contributed by atoms with E-state index >= 15 is 0 Å². The van der Waals surface area contributed by atoms with Crippen molar-refractivity contribution in [2.45, 2.75) is 32.2 Å². The van der Waals surface area contributed by atoms with Gasteiger partial charge in [-0.3, -0.25) is 4.79 Å². The van der Waals surface area contributed by atoms with E-state index in [-0.39, 0.29) is 11.8 Å². The summed E-state index contributed by atoms with van der Waals surface area (Å²) in [6.07, 6.45) is 1.94.